The molecule has 4 heterocycles. The van der Waals surface area contributed by atoms with Gasteiger partial charge in [-0.1, -0.05) is 77.3 Å². The Bertz CT molecular complexity index is 2610. The first-order chi connectivity index (χ1) is 28.8. The minimum Gasteiger partial charge on any atom is -0.449 e. The highest BCUT2D eigenvalue weighted by molar-refractivity contribution is 6.35. The van der Waals surface area contributed by atoms with E-state index < -0.39 is 18.8 Å². The molecule has 4 aromatic carbocycles. The molecule has 0 bridgehead atoms. The van der Waals surface area contributed by atoms with Crippen molar-refractivity contribution in [1.29, 1.82) is 0 Å². The number of aromatic amines is 1. The Balaban J connectivity index is 1.23. The summed E-state index contributed by atoms with van der Waals surface area (Å²) in [4.78, 5) is 52.9. The standard InChI is InChI=1S/C43H40Cl3N7O4/c1-25(31-12-10-28(44)22-33(31)46)53-24-48-38(26-7-4-3-5-8-26)40(53)37-32-13-11-29(45)23-34(32)49-39(37)42(55)50-35-21-27(41(54)47-2)9-14-36(35)51-18-15-30(16-19-51)52-17-6-20-57-43(52)56/h3-5,7-14,21-25,30,49H,6,15-20H2,1-2H3,(H,47,54)(H,50,55)/t25-/m0/s1/i2D3. The summed E-state index contributed by atoms with van der Waals surface area (Å²) in [6.07, 6.45) is 3.49. The fourth-order valence-electron chi connectivity index (χ4n) is 7.91. The Hall–Kier alpha value is -5.49. The number of H-pyrrole nitrogens is 1. The van der Waals surface area contributed by atoms with E-state index in [4.69, 9.17) is 48.6 Å². The second-order valence-corrected chi connectivity index (χ2v) is 15.4. The molecule has 57 heavy (non-hydrogen) atoms. The molecule has 11 nitrogen and oxygen atoms in total. The molecule has 14 heteroatoms. The predicted octanol–water partition coefficient (Wildman–Crippen LogP) is 9.69. The van der Waals surface area contributed by atoms with Crippen molar-refractivity contribution in [3.63, 3.8) is 0 Å². The van der Waals surface area contributed by atoms with E-state index in [2.05, 4.69) is 15.2 Å². The lowest BCUT2D eigenvalue weighted by molar-refractivity contribution is 0.0499. The van der Waals surface area contributed by atoms with Gasteiger partial charge in [-0.15, -0.1) is 0 Å². The number of nitrogens with one attached hydrogen (secondary N) is 3. The topological polar surface area (TPSA) is 125 Å². The summed E-state index contributed by atoms with van der Waals surface area (Å²) in [5, 5.41) is 7.24. The Kier molecular flexibility index (Phi) is 9.85. The van der Waals surface area contributed by atoms with Gasteiger partial charge in [-0.05, 0) is 74.2 Å². The Morgan fingerprint density at radius 3 is 2.47 bits per heavy atom. The predicted molar refractivity (Wildman–Crippen MR) is 226 cm³/mol. The number of hydrogen-bond acceptors (Lipinski definition) is 6. The molecule has 0 saturated carbocycles. The normalized spacial score (nSPS) is 16.4. The van der Waals surface area contributed by atoms with Crippen molar-refractivity contribution in [3.05, 3.63) is 123 Å². The lowest BCUT2D eigenvalue weighted by Gasteiger charge is -2.40. The molecule has 0 radical (unpaired) electrons. The van der Waals surface area contributed by atoms with Crippen LogP contribution in [0.15, 0.2) is 91.3 Å². The summed E-state index contributed by atoms with van der Waals surface area (Å²) in [6, 6.07) is 24.6. The number of aromatic nitrogens is 3. The van der Waals surface area contributed by atoms with Crippen LogP contribution in [0.3, 0.4) is 0 Å². The Morgan fingerprint density at radius 1 is 0.947 bits per heavy atom. The Morgan fingerprint density at radius 2 is 1.72 bits per heavy atom. The van der Waals surface area contributed by atoms with Crippen LogP contribution in [-0.2, 0) is 4.74 Å². The summed E-state index contributed by atoms with van der Waals surface area (Å²) in [5.41, 5.74) is 5.10. The third-order valence-electron chi connectivity index (χ3n) is 10.8. The Labute approximate surface area is 349 Å². The van der Waals surface area contributed by atoms with E-state index >= 15 is 4.79 Å². The number of rotatable bonds is 9. The number of piperidine rings is 1. The fraction of sp³-hybridized carbons (Fsp3) is 0.256. The lowest BCUT2D eigenvalue weighted by Crippen LogP contribution is -2.50. The van der Waals surface area contributed by atoms with E-state index in [0.717, 1.165) is 17.5 Å². The molecular formula is C43H40Cl3N7O4. The molecule has 0 spiro atoms. The quantitative estimate of drug-likeness (QED) is 0.133. The van der Waals surface area contributed by atoms with Crippen LogP contribution >= 0.6 is 34.8 Å². The molecule has 0 unspecified atom stereocenters. The van der Waals surface area contributed by atoms with Gasteiger partial charge in [0.2, 0.25) is 0 Å². The van der Waals surface area contributed by atoms with Crippen LogP contribution in [0.2, 0.25) is 15.1 Å². The highest BCUT2D eigenvalue weighted by Crippen LogP contribution is 2.43. The molecular weight excluding hydrogens is 785 g/mol. The van der Waals surface area contributed by atoms with E-state index in [0.29, 0.717) is 87.7 Å². The minimum absolute atomic E-state index is 0.00837. The van der Waals surface area contributed by atoms with Crippen molar-refractivity contribution >= 4 is 75.0 Å². The van der Waals surface area contributed by atoms with Gasteiger partial charge in [0.05, 0.1) is 41.7 Å². The van der Waals surface area contributed by atoms with E-state index in [1.54, 1.807) is 41.6 Å². The summed E-state index contributed by atoms with van der Waals surface area (Å²) < 4.78 is 30.2. The van der Waals surface area contributed by atoms with Crippen molar-refractivity contribution in [2.24, 2.45) is 0 Å². The zero-order valence-corrected chi connectivity index (χ0v) is 33.1. The van der Waals surface area contributed by atoms with Gasteiger partial charge in [-0.2, -0.15) is 0 Å². The molecule has 1 atom stereocenters. The molecule has 0 aliphatic carbocycles. The first kappa shape index (κ1) is 34.7. The number of fused-ring (bicyclic) bond motifs is 1. The fourth-order valence-corrected chi connectivity index (χ4v) is 8.65. The number of cyclic esters (lactones) is 1. The van der Waals surface area contributed by atoms with Gasteiger partial charge in [-0.25, -0.2) is 9.78 Å². The molecule has 292 valence electrons. The third kappa shape index (κ3) is 7.55. The lowest BCUT2D eigenvalue weighted by atomic mass is 9.99. The van der Waals surface area contributed by atoms with Crippen LogP contribution in [0.25, 0.3) is 33.4 Å². The van der Waals surface area contributed by atoms with E-state index in [-0.39, 0.29) is 35.1 Å². The van der Waals surface area contributed by atoms with Gasteiger partial charge in [0, 0.05) is 79.4 Å². The molecule has 2 aliphatic rings. The maximum absolute atomic E-state index is 15.0. The average Bonchev–Trinajstić information content (AvgIpc) is 3.82. The van der Waals surface area contributed by atoms with Crippen molar-refractivity contribution in [3.8, 4) is 22.5 Å². The summed E-state index contributed by atoms with van der Waals surface area (Å²) in [5.74, 6) is -1.37. The molecule has 6 aromatic rings. The number of carbonyl (C=O) groups is 3. The van der Waals surface area contributed by atoms with Gasteiger partial charge in [0.25, 0.3) is 11.8 Å². The van der Waals surface area contributed by atoms with Crippen molar-refractivity contribution in [2.45, 2.75) is 38.3 Å². The SMILES string of the molecule is [2H]C([2H])([2H])NC(=O)c1ccc(N2CCC(N3CCCOC3=O)CC2)c(NC(=O)c2[nH]c3cc(Cl)ccc3c2-c2c(-c3ccccc3)ncn2[C@@H](C)c2ccc(Cl)cc2Cl)c1. The second-order valence-electron chi connectivity index (χ2n) is 14.1. The number of amides is 3. The van der Waals surface area contributed by atoms with Crippen LogP contribution in [0.1, 0.15) is 62.8 Å². The number of nitrogens with zero attached hydrogens (tertiary/aromatic N) is 4. The zero-order valence-electron chi connectivity index (χ0n) is 33.8. The van der Waals surface area contributed by atoms with Gasteiger partial charge in [0.15, 0.2) is 0 Å². The van der Waals surface area contributed by atoms with Crippen LogP contribution < -0.4 is 15.5 Å². The van der Waals surface area contributed by atoms with Gasteiger partial charge in [-0.3, -0.25) is 9.59 Å². The number of imidazole rings is 1. The van der Waals surface area contributed by atoms with Crippen molar-refractivity contribution in [1.82, 2.24) is 24.8 Å². The molecule has 3 N–H and O–H groups in total. The number of halogens is 3. The number of hydrogen-bond donors (Lipinski definition) is 3. The van der Waals surface area contributed by atoms with Gasteiger partial charge >= 0.3 is 6.09 Å². The maximum Gasteiger partial charge on any atom is 0.410 e. The molecule has 2 aromatic heterocycles. The maximum atomic E-state index is 15.0. The van der Waals surface area contributed by atoms with Gasteiger partial charge in [0.1, 0.15) is 5.69 Å². The van der Waals surface area contributed by atoms with Crippen LogP contribution in [0, 0.1) is 0 Å². The molecule has 8 rings (SSSR count). The summed E-state index contributed by atoms with van der Waals surface area (Å²) in [6.45, 7) is 1.38. The first-order valence-corrected chi connectivity index (χ1v) is 19.7. The number of benzene rings is 4. The number of anilines is 2. The van der Waals surface area contributed by atoms with Crippen molar-refractivity contribution < 1.29 is 23.2 Å². The smallest absolute Gasteiger partial charge is 0.410 e. The highest BCUT2D eigenvalue weighted by Gasteiger charge is 2.33. The van der Waals surface area contributed by atoms with Crippen LogP contribution in [0.4, 0.5) is 16.2 Å². The minimum atomic E-state index is -2.73. The first-order valence-electron chi connectivity index (χ1n) is 20.1. The zero-order chi connectivity index (χ0) is 42.3. The van der Waals surface area contributed by atoms with E-state index in [1.807, 2.05) is 59.3 Å². The molecule has 2 aliphatic heterocycles. The summed E-state index contributed by atoms with van der Waals surface area (Å²) >= 11 is 19.6. The number of carbonyl (C=O) groups excluding carboxylic acids is 3. The van der Waals surface area contributed by atoms with Crippen LogP contribution in [0.5, 0.6) is 0 Å². The molecule has 3 amide bonds. The largest absolute Gasteiger partial charge is 0.449 e. The summed E-state index contributed by atoms with van der Waals surface area (Å²) in [7, 11) is 0. The number of ether oxygens (including phenoxy) is 1. The molecule has 2 saturated heterocycles. The van der Waals surface area contributed by atoms with Crippen molar-refractivity contribution in [2.75, 3.05) is 43.4 Å². The second kappa shape index (κ2) is 16.2. The average molecular weight is 828 g/mol. The van der Waals surface area contributed by atoms with E-state index in [1.165, 1.54) is 12.1 Å². The monoisotopic (exact) mass is 826 g/mol. The van der Waals surface area contributed by atoms with E-state index in [9.17, 15) is 9.59 Å². The van der Waals surface area contributed by atoms with Crippen LogP contribution in [-0.4, -0.2) is 76.6 Å². The highest BCUT2D eigenvalue weighted by atomic mass is 35.5. The molecule has 2 fully saturated rings. The third-order valence-corrected chi connectivity index (χ3v) is 11.6. The van der Waals surface area contributed by atoms with Gasteiger partial charge < -0.3 is 34.7 Å².